The maximum atomic E-state index is 5.97. The van der Waals surface area contributed by atoms with Gasteiger partial charge < -0.3 is 0 Å². The molecule has 0 aliphatic rings. The molecule has 0 atom stereocenters. The maximum absolute atomic E-state index is 5.97. The average molecular weight is 197 g/mol. The third-order valence-corrected chi connectivity index (χ3v) is 2.87. The van der Waals surface area contributed by atoms with E-state index in [1.807, 2.05) is 24.3 Å². The van der Waals surface area contributed by atoms with Gasteiger partial charge in [0.15, 0.2) is 0 Å². The Labute approximate surface area is 80.5 Å². The number of rotatable bonds is 2. The van der Waals surface area contributed by atoms with Crippen molar-refractivity contribution in [2.24, 2.45) is 0 Å². The minimum absolute atomic E-state index is 0.600. The molecule has 0 saturated carbocycles. The van der Waals surface area contributed by atoms with Crippen molar-refractivity contribution in [2.75, 3.05) is 0 Å². The van der Waals surface area contributed by atoms with Crippen LogP contribution in [0.25, 0.3) is 6.08 Å². The Balaban J connectivity index is 2.82. The molecular weight excluding hydrogens is 184 g/mol. The number of hydrogen-bond donors (Lipinski definition) is 0. The first-order valence-corrected chi connectivity index (χ1v) is 7.48. The van der Waals surface area contributed by atoms with E-state index in [1.54, 1.807) is 0 Å². The lowest BCUT2D eigenvalue weighted by atomic mass is 10.2. The van der Waals surface area contributed by atoms with Gasteiger partial charge in [-0.25, -0.2) is 0 Å². The fourth-order valence-corrected chi connectivity index (χ4v) is 1.70. The van der Waals surface area contributed by atoms with Crippen LogP contribution in [0, 0.1) is 0 Å². The third kappa shape index (κ3) is 2.84. The van der Waals surface area contributed by atoms with Crippen molar-refractivity contribution in [2.45, 2.75) is 13.1 Å². The molecule has 0 aliphatic heterocycles. The van der Waals surface area contributed by atoms with Crippen molar-refractivity contribution in [3.05, 3.63) is 40.6 Å². The van der Waals surface area contributed by atoms with Crippen LogP contribution in [0.1, 0.15) is 5.56 Å². The summed E-state index contributed by atoms with van der Waals surface area (Å²) in [6, 6.07) is 7.92. The SMILES string of the molecule is C[SiH](C)C=Cc1ccccc1Cl. The summed E-state index contributed by atoms with van der Waals surface area (Å²) >= 11 is 5.97. The van der Waals surface area contributed by atoms with Crippen LogP contribution in [0.5, 0.6) is 0 Å². The quantitative estimate of drug-likeness (QED) is 0.637. The second-order valence-electron chi connectivity index (χ2n) is 3.12. The molecule has 1 aromatic rings. The van der Waals surface area contributed by atoms with Gasteiger partial charge in [0.05, 0.1) is 8.80 Å². The Bertz CT molecular complexity index is 279. The first kappa shape index (κ1) is 9.55. The van der Waals surface area contributed by atoms with Gasteiger partial charge >= 0.3 is 0 Å². The molecule has 0 saturated heterocycles. The molecule has 0 aromatic heterocycles. The van der Waals surface area contributed by atoms with Crippen LogP contribution in [0.15, 0.2) is 30.0 Å². The van der Waals surface area contributed by atoms with Gasteiger partial charge in [-0.2, -0.15) is 0 Å². The lowest BCUT2D eigenvalue weighted by Gasteiger charge is -1.97. The van der Waals surface area contributed by atoms with Gasteiger partial charge in [0, 0.05) is 5.02 Å². The van der Waals surface area contributed by atoms with Crippen LogP contribution in [0.4, 0.5) is 0 Å². The van der Waals surface area contributed by atoms with E-state index in [9.17, 15) is 0 Å². The van der Waals surface area contributed by atoms with Gasteiger partial charge in [0.2, 0.25) is 0 Å². The predicted molar refractivity (Wildman–Crippen MR) is 59.4 cm³/mol. The zero-order valence-corrected chi connectivity index (χ0v) is 9.33. The summed E-state index contributed by atoms with van der Waals surface area (Å²) in [6.45, 7) is 4.57. The summed E-state index contributed by atoms with van der Waals surface area (Å²) < 4.78 is 0. The lowest BCUT2D eigenvalue weighted by Crippen LogP contribution is -1.91. The topological polar surface area (TPSA) is 0 Å². The maximum Gasteiger partial charge on any atom is 0.0554 e. The van der Waals surface area contributed by atoms with Gasteiger partial charge in [0.25, 0.3) is 0 Å². The van der Waals surface area contributed by atoms with Crippen molar-refractivity contribution in [1.29, 1.82) is 0 Å². The van der Waals surface area contributed by atoms with Gasteiger partial charge in [-0.3, -0.25) is 0 Å². The molecule has 64 valence electrons. The van der Waals surface area contributed by atoms with E-state index in [4.69, 9.17) is 11.6 Å². The second-order valence-corrected chi connectivity index (χ2v) is 6.40. The highest BCUT2D eigenvalue weighted by Gasteiger charge is 1.93. The van der Waals surface area contributed by atoms with E-state index < -0.39 is 8.80 Å². The fraction of sp³-hybridized carbons (Fsp3) is 0.200. The first-order valence-electron chi connectivity index (χ1n) is 4.13. The summed E-state index contributed by atoms with van der Waals surface area (Å²) in [4.78, 5) is 0. The molecule has 0 bridgehead atoms. The molecule has 0 nitrogen and oxygen atoms in total. The molecule has 0 heterocycles. The van der Waals surface area contributed by atoms with E-state index in [1.165, 1.54) is 0 Å². The molecule has 2 heteroatoms. The highest BCUT2D eigenvalue weighted by molar-refractivity contribution is 6.62. The summed E-state index contributed by atoms with van der Waals surface area (Å²) in [5, 5.41) is 0.836. The molecule has 0 fully saturated rings. The first-order chi connectivity index (χ1) is 5.70. The van der Waals surface area contributed by atoms with E-state index in [-0.39, 0.29) is 0 Å². The zero-order chi connectivity index (χ0) is 8.97. The molecule has 0 radical (unpaired) electrons. The normalized spacial score (nSPS) is 11.3. The van der Waals surface area contributed by atoms with Crippen molar-refractivity contribution >= 4 is 26.5 Å². The van der Waals surface area contributed by atoms with Crippen LogP contribution in [0.2, 0.25) is 18.1 Å². The summed E-state index contributed by atoms with van der Waals surface area (Å²) in [5.74, 6) is 0. The summed E-state index contributed by atoms with van der Waals surface area (Å²) in [6.07, 6.45) is 2.12. The summed E-state index contributed by atoms with van der Waals surface area (Å²) in [7, 11) is -0.600. The standard InChI is InChI=1S/C10H13ClSi/c1-12(2)8-7-9-5-3-4-6-10(9)11/h3-8,12H,1-2H3. The van der Waals surface area contributed by atoms with Gasteiger partial charge in [0.1, 0.15) is 0 Å². The lowest BCUT2D eigenvalue weighted by molar-refractivity contribution is 1.66. The van der Waals surface area contributed by atoms with Crippen LogP contribution in [-0.4, -0.2) is 8.80 Å². The molecule has 0 spiro atoms. The molecule has 12 heavy (non-hydrogen) atoms. The van der Waals surface area contributed by atoms with Crippen molar-refractivity contribution < 1.29 is 0 Å². The Hall–Kier alpha value is -0.533. The Kier molecular flexibility index (Phi) is 3.57. The van der Waals surface area contributed by atoms with E-state index >= 15 is 0 Å². The largest absolute Gasteiger partial charge is 0.0975 e. The van der Waals surface area contributed by atoms with Crippen LogP contribution < -0.4 is 0 Å². The third-order valence-electron chi connectivity index (χ3n) is 1.57. The highest BCUT2D eigenvalue weighted by atomic mass is 35.5. The second kappa shape index (κ2) is 4.48. The molecular formula is C10H13ClSi. The molecule has 0 aliphatic carbocycles. The molecule has 0 unspecified atom stereocenters. The number of hydrogen-bond acceptors (Lipinski definition) is 0. The monoisotopic (exact) mass is 196 g/mol. The van der Waals surface area contributed by atoms with Crippen molar-refractivity contribution in [3.8, 4) is 0 Å². The van der Waals surface area contributed by atoms with E-state index in [0.717, 1.165) is 10.6 Å². The predicted octanol–water partition coefficient (Wildman–Crippen LogP) is 3.38. The van der Waals surface area contributed by atoms with E-state index in [2.05, 4.69) is 24.9 Å². The van der Waals surface area contributed by atoms with Crippen molar-refractivity contribution in [1.82, 2.24) is 0 Å². The van der Waals surface area contributed by atoms with E-state index in [0.29, 0.717) is 0 Å². The minimum atomic E-state index is -0.600. The minimum Gasteiger partial charge on any atom is -0.0975 e. The van der Waals surface area contributed by atoms with Gasteiger partial charge in [-0.05, 0) is 11.6 Å². The number of halogens is 1. The summed E-state index contributed by atoms with van der Waals surface area (Å²) in [5.41, 5.74) is 3.40. The van der Waals surface area contributed by atoms with Gasteiger partial charge in [-0.1, -0.05) is 54.7 Å². The smallest absolute Gasteiger partial charge is 0.0554 e. The van der Waals surface area contributed by atoms with Gasteiger partial charge in [-0.15, -0.1) is 0 Å². The number of benzene rings is 1. The molecule has 1 aromatic carbocycles. The Morgan fingerprint density at radius 3 is 2.50 bits per heavy atom. The van der Waals surface area contributed by atoms with Crippen LogP contribution in [0.3, 0.4) is 0 Å². The Morgan fingerprint density at radius 2 is 1.92 bits per heavy atom. The molecule has 0 N–H and O–H groups in total. The molecule has 1 rings (SSSR count). The highest BCUT2D eigenvalue weighted by Crippen LogP contribution is 2.16. The van der Waals surface area contributed by atoms with Crippen LogP contribution in [-0.2, 0) is 0 Å². The molecule has 0 amide bonds. The average Bonchev–Trinajstić information content (AvgIpc) is 2.03. The van der Waals surface area contributed by atoms with Crippen LogP contribution >= 0.6 is 11.6 Å². The Morgan fingerprint density at radius 1 is 1.25 bits per heavy atom. The van der Waals surface area contributed by atoms with Crippen molar-refractivity contribution in [3.63, 3.8) is 0 Å². The fourth-order valence-electron chi connectivity index (χ4n) is 0.906. The zero-order valence-electron chi connectivity index (χ0n) is 7.42.